The van der Waals surface area contributed by atoms with Crippen molar-refractivity contribution in [1.29, 1.82) is 0 Å². The van der Waals surface area contributed by atoms with Crippen molar-refractivity contribution in [3.63, 3.8) is 0 Å². The molecule has 1 aliphatic heterocycles. The molecule has 1 aliphatic rings. The molecule has 0 aliphatic carbocycles. The van der Waals surface area contributed by atoms with E-state index in [0.717, 1.165) is 19.4 Å². The van der Waals surface area contributed by atoms with Crippen LogP contribution in [0.3, 0.4) is 0 Å². The molecule has 0 spiro atoms. The van der Waals surface area contributed by atoms with E-state index in [1.165, 1.54) is 11.8 Å². The van der Waals surface area contributed by atoms with Gasteiger partial charge in [-0.3, -0.25) is 4.79 Å². The maximum Gasteiger partial charge on any atom is 0.230 e. The van der Waals surface area contributed by atoms with Gasteiger partial charge in [-0.2, -0.15) is 0 Å². The number of hydrogen-bond donors (Lipinski definition) is 1. The molecule has 1 unspecified atom stereocenters. The smallest absolute Gasteiger partial charge is 0.230 e. The van der Waals surface area contributed by atoms with E-state index in [1.54, 1.807) is 4.68 Å². The average Bonchev–Trinajstić information content (AvgIpc) is 3.04. The molecule has 1 amide bonds. The summed E-state index contributed by atoms with van der Waals surface area (Å²) in [5.74, 6) is 0.314. The van der Waals surface area contributed by atoms with Crippen molar-refractivity contribution in [2.24, 2.45) is 0 Å². The number of nitrogens with zero attached hydrogens (tertiary/aromatic N) is 4. The molecule has 0 saturated carbocycles. The number of thioether (sulfide) groups is 1. The highest BCUT2D eigenvalue weighted by atomic mass is 32.2. The van der Waals surface area contributed by atoms with Crippen molar-refractivity contribution in [2.75, 3.05) is 18.9 Å². The summed E-state index contributed by atoms with van der Waals surface area (Å²) >= 11 is 1.34. The number of rotatable bonds is 6. The summed E-state index contributed by atoms with van der Waals surface area (Å²) in [5, 5.41) is 14.8. The maximum absolute atomic E-state index is 11.6. The Bertz CT molecular complexity index is 391. The molecule has 2 rings (SSSR count). The van der Waals surface area contributed by atoms with Crippen molar-refractivity contribution in [2.45, 2.75) is 37.6 Å². The van der Waals surface area contributed by atoms with Crippen LogP contribution in [0.1, 0.15) is 19.8 Å². The molecule has 8 heteroatoms. The monoisotopic (exact) mass is 271 g/mol. The summed E-state index contributed by atoms with van der Waals surface area (Å²) in [6.45, 7) is 4.06. The quantitative estimate of drug-likeness (QED) is 0.738. The number of carbonyl (C=O) groups excluding carboxylic acids is 1. The van der Waals surface area contributed by atoms with E-state index >= 15 is 0 Å². The number of carbonyl (C=O) groups is 1. The first-order chi connectivity index (χ1) is 8.79. The van der Waals surface area contributed by atoms with E-state index in [-0.39, 0.29) is 12.0 Å². The van der Waals surface area contributed by atoms with Gasteiger partial charge < -0.3 is 10.1 Å². The summed E-state index contributed by atoms with van der Waals surface area (Å²) in [6, 6.07) is 0. The molecule has 0 bridgehead atoms. The normalized spacial score (nSPS) is 19.1. The van der Waals surface area contributed by atoms with Gasteiger partial charge in [-0.1, -0.05) is 11.8 Å². The topological polar surface area (TPSA) is 81.9 Å². The second-order valence-electron chi connectivity index (χ2n) is 4.01. The number of tetrazole rings is 1. The zero-order chi connectivity index (χ0) is 12.8. The van der Waals surface area contributed by atoms with Gasteiger partial charge in [-0.15, -0.1) is 5.10 Å². The molecule has 2 heterocycles. The molecule has 1 aromatic heterocycles. The third-order valence-corrected chi connectivity index (χ3v) is 3.64. The van der Waals surface area contributed by atoms with Crippen LogP contribution < -0.4 is 5.32 Å². The molecule has 7 nitrogen and oxygen atoms in total. The first-order valence-electron chi connectivity index (χ1n) is 6.07. The molecule has 100 valence electrons. The fraction of sp³-hybridized carbons (Fsp3) is 0.800. The van der Waals surface area contributed by atoms with E-state index in [2.05, 4.69) is 20.8 Å². The molecule has 1 atom stereocenters. The minimum atomic E-state index is -0.0128. The second-order valence-corrected chi connectivity index (χ2v) is 4.95. The number of aromatic nitrogens is 4. The lowest BCUT2D eigenvalue weighted by Crippen LogP contribution is -2.32. The third-order valence-electron chi connectivity index (χ3n) is 2.68. The Morgan fingerprint density at radius 1 is 1.67 bits per heavy atom. The van der Waals surface area contributed by atoms with E-state index in [4.69, 9.17) is 4.74 Å². The Morgan fingerprint density at radius 2 is 2.56 bits per heavy atom. The van der Waals surface area contributed by atoms with Gasteiger partial charge in [-0.25, -0.2) is 4.68 Å². The van der Waals surface area contributed by atoms with Gasteiger partial charge in [0.25, 0.3) is 0 Å². The van der Waals surface area contributed by atoms with E-state index in [9.17, 15) is 4.79 Å². The van der Waals surface area contributed by atoms with Crippen LogP contribution in [0.5, 0.6) is 0 Å². The average molecular weight is 271 g/mol. The summed E-state index contributed by atoms with van der Waals surface area (Å²) in [7, 11) is 0. The van der Waals surface area contributed by atoms with Crippen molar-refractivity contribution in [3.8, 4) is 0 Å². The lowest BCUT2D eigenvalue weighted by molar-refractivity contribution is -0.119. The van der Waals surface area contributed by atoms with Crippen molar-refractivity contribution < 1.29 is 9.53 Å². The largest absolute Gasteiger partial charge is 0.376 e. The minimum absolute atomic E-state index is 0.0128. The number of hydrogen-bond acceptors (Lipinski definition) is 6. The van der Waals surface area contributed by atoms with Gasteiger partial charge in [0.05, 0.1) is 11.9 Å². The van der Waals surface area contributed by atoms with Crippen LogP contribution in [0, 0.1) is 0 Å². The van der Waals surface area contributed by atoms with Crippen LogP contribution >= 0.6 is 11.8 Å². The van der Waals surface area contributed by atoms with Crippen LogP contribution in [-0.4, -0.2) is 51.1 Å². The summed E-state index contributed by atoms with van der Waals surface area (Å²) in [5.41, 5.74) is 0. The molecule has 0 radical (unpaired) electrons. The Hall–Kier alpha value is -1.15. The van der Waals surface area contributed by atoms with Gasteiger partial charge in [0.2, 0.25) is 11.1 Å². The van der Waals surface area contributed by atoms with Crippen LogP contribution in [0.15, 0.2) is 5.16 Å². The molecular weight excluding hydrogens is 254 g/mol. The lowest BCUT2D eigenvalue weighted by Gasteiger charge is -2.10. The standard InChI is InChI=1S/C10H17N5O2S/c1-2-15-10(12-13-14-15)18-7-9(16)11-6-8-4-3-5-17-8/h8H,2-7H2,1H3,(H,11,16). The zero-order valence-electron chi connectivity index (χ0n) is 10.3. The Kier molecular flexibility index (Phi) is 4.94. The van der Waals surface area contributed by atoms with E-state index < -0.39 is 0 Å². The fourth-order valence-electron chi connectivity index (χ4n) is 1.71. The zero-order valence-corrected chi connectivity index (χ0v) is 11.2. The fourth-order valence-corrected chi connectivity index (χ4v) is 2.48. The summed E-state index contributed by atoms with van der Waals surface area (Å²) in [6.07, 6.45) is 2.29. The molecule has 1 N–H and O–H groups in total. The van der Waals surface area contributed by atoms with Gasteiger partial charge in [0.1, 0.15) is 0 Å². The highest BCUT2D eigenvalue weighted by Gasteiger charge is 2.16. The number of amides is 1. The van der Waals surface area contributed by atoms with Crippen molar-refractivity contribution >= 4 is 17.7 Å². The van der Waals surface area contributed by atoms with Gasteiger partial charge in [0.15, 0.2) is 0 Å². The Labute approximate surface area is 110 Å². The first-order valence-corrected chi connectivity index (χ1v) is 7.05. The van der Waals surface area contributed by atoms with Crippen molar-refractivity contribution in [3.05, 3.63) is 0 Å². The number of aryl methyl sites for hydroxylation is 1. The maximum atomic E-state index is 11.6. The van der Waals surface area contributed by atoms with E-state index in [1.807, 2.05) is 6.92 Å². The first kappa shape index (κ1) is 13.3. The van der Waals surface area contributed by atoms with Gasteiger partial charge in [0, 0.05) is 19.7 Å². The third kappa shape index (κ3) is 3.67. The van der Waals surface area contributed by atoms with Crippen LogP contribution in [0.25, 0.3) is 0 Å². The summed E-state index contributed by atoms with van der Waals surface area (Å²) < 4.78 is 7.10. The van der Waals surface area contributed by atoms with Crippen LogP contribution in [-0.2, 0) is 16.1 Å². The molecule has 18 heavy (non-hydrogen) atoms. The SMILES string of the molecule is CCn1nnnc1SCC(=O)NCC1CCCO1. The van der Waals surface area contributed by atoms with Crippen LogP contribution in [0.4, 0.5) is 0 Å². The van der Waals surface area contributed by atoms with Crippen LogP contribution in [0.2, 0.25) is 0 Å². The minimum Gasteiger partial charge on any atom is -0.376 e. The second kappa shape index (κ2) is 6.69. The van der Waals surface area contributed by atoms with Gasteiger partial charge in [-0.05, 0) is 30.2 Å². The number of ether oxygens (including phenoxy) is 1. The highest BCUT2D eigenvalue weighted by Crippen LogP contribution is 2.13. The predicted octanol–water partition coefficient (Wildman–Crippen LogP) is 0.0803. The molecule has 1 saturated heterocycles. The lowest BCUT2D eigenvalue weighted by atomic mass is 10.2. The molecular formula is C10H17N5O2S. The van der Waals surface area contributed by atoms with Crippen molar-refractivity contribution in [1.82, 2.24) is 25.5 Å². The molecule has 0 aromatic carbocycles. The summed E-state index contributed by atoms with van der Waals surface area (Å²) in [4.78, 5) is 11.6. The Morgan fingerprint density at radius 3 is 3.28 bits per heavy atom. The predicted molar refractivity (Wildman–Crippen MR) is 66.2 cm³/mol. The van der Waals surface area contributed by atoms with E-state index in [0.29, 0.717) is 24.0 Å². The molecule has 1 fully saturated rings. The Balaban J connectivity index is 1.68. The number of nitrogens with one attached hydrogen (secondary N) is 1. The van der Waals surface area contributed by atoms with Gasteiger partial charge >= 0.3 is 0 Å². The molecule has 1 aromatic rings. The highest BCUT2D eigenvalue weighted by molar-refractivity contribution is 7.99.